The average molecular weight is 278 g/mol. The maximum Gasteiger partial charge on any atom is 0.335 e. The quantitative estimate of drug-likeness (QED) is 0.767. The van der Waals surface area contributed by atoms with Gasteiger partial charge in [-0.2, -0.15) is 0 Å². The highest BCUT2D eigenvalue weighted by atomic mass is 16.5. The Kier molecular flexibility index (Phi) is 4.98. The summed E-state index contributed by atoms with van der Waals surface area (Å²) in [5, 5.41) is 15.9. The minimum absolute atomic E-state index is 0.247. The van der Waals surface area contributed by atoms with Crippen molar-refractivity contribution in [1.82, 2.24) is 5.32 Å². The number of carboxylic acids is 1. The highest BCUT2D eigenvalue weighted by molar-refractivity contribution is 5.89. The molecule has 0 spiro atoms. The highest BCUT2D eigenvalue weighted by Gasteiger charge is 2.17. The number of hydrogen-bond acceptors (Lipinski definition) is 4. The van der Waals surface area contributed by atoms with Crippen LogP contribution in [0.1, 0.15) is 29.3 Å². The summed E-state index contributed by atoms with van der Waals surface area (Å²) in [4.78, 5) is 11.0. The van der Waals surface area contributed by atoms with Gasteiger partial charge in [-0.25, -0.2) is 4.79 Å². The second-order valence-corrected chi connectivity index (χ2v) is 5.34. The van der Waals surface area contributed by atoms with Gasteiger partial charge in [0.1, 0.15) is 0 Å². The molecule has 0 aromatic heterocycles. The summed E-state index contributed by atoms with van der Waals surface area (Å²) < 4.78 is 5.44. The molecule has 3 N–H and O–H groups in total. The van der Waals surface area contributed by atoms with Crippen LogP contribution in [0, 0.1) is 6.92 Å². The van der Waals surface area contributed by atoms with E-state index in [1.807, 2.05) is 13.0 Å². The van der Waals surface area contributed by atoms with Crippen LogP contribution in [0.3, 0.4) is 0 Å². The van der Waals surface area contributed by atoms with Crippen LogP contribution in [0.4, 0.5) is 5.69 Å². The lowest BCUT2D eigenvalue weighted by Crippen LogP contribution is -2.43. The molecular formula is C15H22N2O3. The lowest BCUT2D eigenvalue weighted by molar-refractivity contribution is 0.0697. The fourth-order valence-electron chi connectivity index (χ4n) is 2.43. The first-order chi connectivity index (χ1) is 9.56. The fraction of sp³-hybridized carbons (Fsp3) is 0.533. The third kappa shape index (κ3) is 3.95. The van der Waals surface area contributed by atoms with Crippen molar-refractivity contribution in [2.75, 3.05) is 25.1 Å². The van der Waals surface area contributed by atoms with E-state index in [2.05, 4.69) is 17.6 Å². The van der Waals surface area contributed by atoms with Gasteiger partial charge in [0.2, 0.25) is 0 Å². The number of ether oxygens (including phenoxy) is 1. The third-order valence-electron chi connectivity index (χ3n) is 3.52. The summed E-state index contributed by atoms with van der Waals surface area (Å²) in [5.74, 6) is -0.900. The van der Waals surface area contributed by atoms with Gasteiger partial charge in [-0.05, 0) is 38.0 Å². The molecule has 2 rings (SSSR count). The zero-order valence-corrected chi connectivity index (χ0v) is 12.0. The molecule has 1 aliphatic rings. The van der Waals surface area contributed by atoms with Gasteiger partial charge in [0.15, 0.2) is 0 Å². The maximum absolute atomic E-state index is 11.0. The zero-order valence-electron chi connectivity index (χ0n) is 12.0. The SMILES string of the molecule is Cc1ccc(C(=O)O)cc1NC(C)CC1COCCN1. The normalized spacial score (nSPS) is 20.4. The molecule has 1 fully saturated rings. The summed E-state index contributed by atoms with van der Waals surface area (Å²) in [5.41, 5.74) is 2.24. The lowest BCUT2D eigenvalue weighted by Gasteiger charge is -2.27. The summed E-state index contributed by atoms with van der Waals surface area (Å²) in [6.45, 7) is 6.48. The van der Waals surface area contributed by atoms with E-state index in [4.69, 9.17) is 9.84 Å². The van der Waals surface area contributed by atoms with Crippen LogP contribution in [-0.2, 0) is 4.74 Å². The summed E-state index contributed by atoms with van der Waals surface area (Å²) >= 11 is 0. The number of morpholine rings is 1. The standard InChI is InChI=1S/C15H22N2O3/c1-10-3-4-12(15(18)19)8-14(10)17-11(2)7-13-9-20-6-5-16-13/h3-4,8,11,13,16-17H,5-7,9H2,1-2H3,(H,18,19). The average Bonchev–Trinajstić information content (AvgIpc) is 2.42. The van der Waals surface area contributed by atoms with Gasteiger partial charge < -0.3 is 20.5 Å². The van der Waals surface area contributed by atoms with Crippen LogP contribution in [0.25, 0.3) is 0 Å². The van der Waals surface area contributed by atoms with E-state index in [0.717, 1.165) is 37.4 Å². The Morgan fingerprint density at radius 2 is 2.40 bits per heavy atom. The molecule has 20 heavy (non-hydrogen) atoms. The maximum atomic E-state index is 11.0. The van der Waals surface area contributed by atoms with Crippen molar-refractivity contribution >= 4 is 11.7 Å². The Bertz CT molecular complexity index is 470. The number of rotatable bonds is 5. The van der Waals surface area contributed by atoms with Crippen molar-refractivity contribution in [1.29, 1.82) is 0 Å². The predicted octanol–water partition coefficient (Wildman–Crippen LogP) is 1.87. The Hall–Kier alpha value is -1.59. The first kappa shape index (κ1) is 14.8. The van der Waals surface area contributed by atoms with Gasteiger partial charge >= 0.3 is 5.97 Å². The van der Waals surface area contributed by atoms with Gasteiger partial charge in [0.05, 0.1) is 18.8 Å². The smallest absolute Gasteiger partial charge is 0.335 e. The minimum Gasteiger partial charge on any atom is -0.478 e. The van der Waals surface area contributed by atoms with Crippen LogP contribution < -0.4 is 10.6 Å². The van der Waals surface area contributed by atoms with E-state index in [0.29, 0.717) is 11.6 Å². The van der Waals surface area contributed by atoms with Crippen molar-refractivity contribution in [3.05, 3.63) is 29.3 Å². The molecule has 2 atom stereocenters. The van der Waals surface area contributed by atoms with Crippen LogP contribution in [0.15, 0.2) is 18.2 Å². The van der Waals surface area contributed by atoms with Crippen LogP contribution in [0.2, 0.25) is 0 Å². The highest BCUT2D eigenvalue weighted by Crippen LogP contribution is 2.19. The number of aryl methyl sites for hydroxylation is 1. The zero-order chi connectivity index (χ0) is 14.5. The molecule has 0 radical (unpaired) electrons. The van der Waals surface area contributed by atoms with E-state index in [1.54, 1.807) is 12.1 Å². The van der Waals surface area contributed by atoms with Crippen LogP contribution in [-0.4, -0.2) is 42.9 Å². The molecule has 1 aromatic carbocycles. The van der Waals surface area contributed by atoms with Crippen molar-refractivity contribution in [3.8, 4) is 0 Å². The number of nitrogens with one attached hydrogen (secondary N) is 2. The number of carboxylic acid groups (broad SMARTS) is 1. The van der Waals surface area contributed by atoms with Crippen LogP contribution in [0.5, 0.6) is 0 Å². The lowest BCUT2D eigenvalue weighted by atomic mass is 10.1. The van der Waals surface area contributed by atoms with Crippen molar-refractivity contribution in [3.63, 3.8) is 0 Å². The van der Waals surface area contributed by atoms with E-state index >= 15 is 0 Å². The molecule has 2 unspecified atom stereocenters. The predicted molar refractivity (Wildman–Crippen MR) is 78.4 cm³/mol. The van der Waals surface area contributed by atoms with Crippen molar-refractivity contribution in [2.45, 2.75) is 32.4 Å². The molecule has 1 aliphatic heterocycles. The summed E-state index contributed by atoms with van der Waals surface area (Å²) in [6.07, 6.45) is 0.941. The molecule has 110 valence electrons. The van der Waals surface area contributed by atoms with Crippen LogP contribution >= 0.6 is 0 Å². The molecule has 1 saturated heterocycles. The monoisotopic (exact) mass is 278 g/mol. The number of hydrogen-bond donors (Lipinski definition) is 3. The largest absolute Gasteiger partial charge is 0.478 e. The van der Waals surface area contributed by atoms with Gasteiger partial charge in [0, 0.05) is 24.3 Å². The van der Waals surface area contributed by atoms with Crippen molar-refractivity contribution < 1.29 is 14.6 Å². The van der Waals surface area contributed by atoms with Gasteiger partial charge in [-0.1, -0.05) is 6.07 Å². The molecule has 1 aromatic rings. The molecule has 5 nitrogen and oxygen atoms in total. The van der Waals surface area contributed by atoms with Gasteiger partial charge in [0.25, 0.3) is 0 Å². The molecule has 1 heterocycles. The second-order valence-electron chi connectivity index (χ2n) is 5.34. The van der Waals surface area contributed by atoms with E-state index in [-0.39, 0.29) is 6.04 Å². The summed E-state index contributed by atoms with van der Waals surface area (Å²) in [6, 6.07) is 5.76. The van der Waals surface area contributed by atoms with E-state index in [1.165, 1.54) is 0 Å². The van der Waals surface area contributed by atoms with Gasteiger partial charge in [-0.15, -0.1) is 0 Å². The first-order valence-electron chi connectivity index (χ1n) is 6.98. The van der Waals surface area contributed by atoms with E-state index in [9.17, 15) is 4.79 Å². The first-order valence-corrected chi connectivity index (χ1v) is 6.98. The number of benzene rings is 1. The molecular weight excluding hydrogens is 256 g/mol. The topological polar surface area (TPSA) is 70.6 Å². The fourth-order valence-corrected chi connectivity index (χ4v) is 2.43. The molecule has 0 bridgehead atoms. The number of aromatic carboxylic acids is 1. The van der Waals surface area contributed by atoms with Gasteiger partial charge in [-0.3, -0.25) is 0 Å². The molecule has 0 saturated carbocycles. The molecule has 5 heteroatoms. The third-order valence-corrected chi connectivity index (χ3v) is 3.52. The molecule has 0 amide bonds. The minimum atomic E-state index is -0.900. The molecule has 0 aliphatic carbocycles. The Balaban J connectivity index is 1.97. The second kappa shape index (κ2) is 6.72. The number of anilines is 1. The van der Waals surface area contributed by atoms with Crippen molar-refractivity contribution in [2.24, 2.45) is 0 Å². The van der Waals surface area contributed by atoms with E-state index < -0.39 is 5.97 Å². The Labute approximate surface area is 119 Å². The Morgan fingerprint density at radius 1 is 1.60 bits per heavy atom. The summed E-state index contributed by atoms with van der Waals surface area (Å²) in [7, 11) is 0. The Morgan fingerprint density at radius 3 is 3.05 bits per heavy atom. The number of carbonyl (C=O) groups is 1.